The molecule has 1 aromatic carbocycles. The predicted molar refractivity (Wildman–Crippen MR) is 208 cm³/mol. The fraction of sp³-hybridized carbons (Fsp3) is 0.545. The second-order valence-corrected chi connectivity index (χ2v) is 24.9. The zero-order chi connectivity index (χ0) is 39.8. The molecule has 2 aromatic heterocycles. The van der Waals surface area contributed by atoms with Crippen LogP contribution in [0.2, 0.25) is 18.1 Å². The molecular formula is C33H41FN6O10P2S2Si. The van der Waals surface area contributed by atoms with Gasteiger partial charge >= 0.3 is 13.4 Å². The topological polar surface area (TPSA) is 171 Å². The number of rotatable bonds is 8. The number of hydrogen-bond donors (Lipinski definition) is 2. The summed E-state index contributed by atoms with van der Waals surface area (Å²) in [6.45, 7) is 8.41. The van der Waals surface area contributed by atoms with Gasteiger partial charge in [-0.15, -0.1) is 6.42 Å². The summed E-state index contributed by atoms with van der Waals surface area (Å²) in [5, 5.41) is 2.46. The standard InChI is InChI=1S/C33H41FN6O10P2S2Si/c1-8-21-27-28(50-55(6,7)33(2,3)4)23(46-21)16-44-51(42,53)48-26-22(17-45-52(54,49-27)43-15-14-35-5)47-32(24(26)34)40-19-38-25-29(36-18-37-30(25)40)39-31(41)20-12-10-9-11-13-20/h1,9-13,18-19,21-24,26-28,32H,14-17H2,2-4,6-7H3,(H,42,53)(H,36,37,39,41)/t21-,22+,23+,24+,26+,27-,28+,32+,51?,52?/m0/s1. The van der Waals surface area contributed by atoms with Crippen LogP contribution in [-0.4, -0.2) is 108 Å². The Hall–Kier alpha value is -2.62. The Morgan fingerprint density at radius 1 is 1.15 bits per heavy atom. The van der Waals surface area contributed by atoms with Crippen LogP contribution in [0.15, 0.2) is 43.0 Å². The first-order valence-corrected chi connectivity index (χ1v) is 25.2. The molecule has 2 bridgehead atoms. The van der Waals surface area contributed by atoms with Crippen LogP contribution in [0, 0.1) is 18.9 Å². The van der Waals surface area contributed by atoms with Gasteiger partial charge in [0, 0.05) is 5.56 Å². The van der Waals surface area contributed by atoms with E-state index in [1.54, 1.807) is 30.3 Å². The Balaban J connectivity index is 1.32. The number of ether oxygens (including phenoxy) is 2. The van der Waals surface area contributed by atoms with E-state index in [-0.39, 0.29) is 41.8 Å². The number of terminal acetylenes is 1. The van der Waals surface area contributed by atoms with Crippen LogP contribution in [0.4, 0.5) is 10.2 Å². The van der Waals surface area contributed by atoms with E-state index in [2.05, 4.69) is 51.8 Å². The quantitative estimate of drug-likeness (QED) is 0.0983. The van der Waals surface area contributed by atoms with Crippen molar-refractivity contribution in [3.63, 3.8) is 0 Å². The van der Waals surface area contributed by atoms with E-state index >= 15 is 4.39 Å². The van der Waals surface area contributed by atoms with Crippen molar-refractivity contribution in [3.05, 3.63) is 60.0 Å². The summed E-state index contributed by atoms with van der Waals surface area (Å²) in [6, 6.07) is 8.49. The monoisotopic (exact) mass is 854 g/mol. The Morgan fingerprint density at radius 3 is 2.56 bits per heavy atom. The first-order valence-electron chi connectivity index (χ1n) is 17.2. The molecule has 3 saturated heterocycles. The number of nitrogens with one attached hydrogen (secondary N) is 1. The number of benzene rings is 1. The van der Waals surface area contributed by atoms with Crippen LogP contribution in [0.3, 0.4) is 0 Å². The zero-order valence-corrected chi connectivity index (χ0v) is 34.9. The van der Waals surface area contributed by atoms with Crippen molar-refractivity contribution in [2.24, 2.45) is 0 Å². The molecule has 10 atom stereocenters. The average Bonchev–Trinajstić information content (AvgIpc) is 3.79. The van der Waals surface area contributed by atoms with E-state index in [1.807, 2.05) is 13.1 Å². The fourth-order valence-corrected chi connectivity index (χ4v) is 10.6. The van der Waals surface area contributed by atoms with Crippen molar-refractivity contribution in [1.29, 1.82) is 0 Å². The molecule has 0 aliphatic carbocycles. The molecule has 2 unspecified atom stereocenters. The molecule has 3 aliphatic heterocycles. The molecule has 3 fully saturated rings. The molecule has 5 heterocycles. The summed E-state index contributed by atoms with van der Waals surface area (Å²) in [7, 11) is -2.55. The van der Waals surface area contributed by atoms with Gasteiger partial charge in [0.25, 0.3) is 5.91 Å². The van der Waals surface area contributed by atoms with Gasteiger partial charge in [-0.2, -0.15) is 0 Å². The minimum atomic E-state index is -4.23. The van der Waals surface area contributed by atoms with Crippen LogP contribution in [-0.2, 0) is 60.1 Å². The lowest BCUT2D eigenvalue weighted by molar-refractivity contribution is -0.0471. The number of alkyl halides is 1. The third kappa shape index (κ3) is 9.25. The summed E-state index contributed by atoms with van der Waals surface area (Å²) in [5.74, 6) is 2.22. The second-order valence-electron chi connectivity index (χ2n) is 14.3. The zero-order valence-electron chi connectivity index (χ0n) is 30.5. The van der Waals surface area contributed by atoms with Gasteiger partial charge in [0.2, 0.25) is 6.54 Å². The number of fused-ring (bicyclic) bond motifs is 4. The highest BCUT2D eigenvalue weighted by Crippen LogP contribution is 2.56. The molecule has 22 heteroatoms. The molecule has 296 valence electrons. The normalized spacial score (nSPS) is 33.0. The maximum atomic E-state index is 16.7. The molecule has 0 radical (unpaired) electrons. The smallest absolute Gasteiger partial charge is 0.328 e. The fourth-order valence-electron chi connectivity index (χ4n) is 5.81. The second kappa shape index (κ2) is 16.7. The average molecular weight is 855 g/mol. The van der Waals surface area contributed by atoms with Crippen LogP contribution in [0.5, 0.6) is 0 Å². The number of carbonyl (C=O) groups is 1. The van der Waals surface area contributed by atoms with Crippen molar-refractivity contribution in [3.8, 4) is 12.3 Å². The number of hydrogen-bond acceptors (Lipinski definition) is 14. The lowest BCUT2D eigenvalue weighted by Crippen LogP contribution is -2.50. The number of halogens is 1. The third-order valence-corrected chi connectivity index (χ3v) is 18.0. The number of anilines is 1. The number of amides is 1. The van der Waals surface area contributed by atoms with E-state index in [9.17, 15) is 9.69 Å². The summed E-state index contributed by atoms with van der Waals surface area (Å²) < 4.78 is 67.3. The molecule has 1 amide bonds. The number of nitrogens with zero attached hydrogens (tertiary/aromatic N) is 5. The van der Waals surface area contributed by atoms with E-state index in [4.69, 9.17) is 73.1 Å². The van der Waals surface area contributed by atoms with Crippen molar-refractivity contribution in [2.75, 3.05) is 31.7 Å². The molecule has 0 spiro atoms. The largest absolute Gasteiger partial charge is 0.408 e. The Kier molecular flexibility index (Phi) is 12.7. The Labute approximate surface area is 329 Å². The minimum Gasteiger partial charge on any atom is -0.408 e. The van der Waals surface area contributed by atoms with E-state index in [0.717, 1.165) is 0 Å². The van der Waals surface area contributed by atoms with Crippen molar-refractivity contribution in [2.45, 2.75) is 87.9 Å². The maximum absolute atomic E-state index is 16.7. The summed E-state index contributed by atoms with van der Waals surface area (Å²) in [6.07, 6.45) is -1.77. The van der Waals surface area contributed by atoms with E-state index in [1.165, 1.54) is 17.2 Å². The summed E-state index contributed by atoms with van der Waals surface area (Å²) in [4.78, 5) is 40.4. The molecular weight excluding hydrogens is 814 g/mol. The van der Waals surface area contributed by atoms with Gasteiger partial charge in [0.15, 0.2) is 37.7 Å². The van der Waals surface area contributed by atoms with Gasteiger partial charge in [-0.25, -0.2) is 25.9 Å². The first kappa shape index (κ1) is 42.0. The SMILES string of the molecule is [C-]#[N+]CCOP1(=S)OC[C@H]2O[C@@H](n3cnc4c(NC(=O)c5ccccc5)ncnc43)[C@H](F)[C@@H]2OP(O)(=S)OC[C@H]2O[C@@H](C#C)[C@H](O1)[C@@H]2O[Si](C)(C)C(C)(C)C. The van der Waals surface area contributed by atoms with Crippen LogP contribution in [0.1, 0.15) is 37.4 Å². The van der Waals surface area contributed by atoms with Gasteiger partial charge in [0.1, 0.15) is 49.6 Å². The lowest BCUT2D eigenvalue weighted by atomic mass is 10.1. The lowest BCUT2D eigenvalue weighted by Gasteiger charge is -2.41. The van der Waals surface area contributed by atoms with E-state index in [0.29, 0.717) is 5.56 Å². The maximum Gasteiger partial charge on any atom is 0.328 e. The highest BCUT2D eigenvalue weighted by atomic mass is 32.5. The third-order valence-electron chi connectivity index (χ3n) is 9.64. The van der Waals surface area contributed by atoms with Gasteiger partial charge in [-0.3, -0.25) is 18.4 Å². The molecule has 2 N–H and O–H groups in total. The molecule has 16 nitrogen and oxygen atoms in total. The minimum absolute atomic E-state index is 0.0533. The first-order chi connectivity index (χ1) is 26.0. The molecule has 0 saturated carbocycles. The molecule has 3 aromatic rings. The van der Waals surface area contributed by atoms with Crippen LogP contribution < -0.4 is 5.32 Å². The van der Waals surface area contributed by atoms with Crippen molar-refractivity contribution < 1.29 is 50.6 Å². The summed E-state index contributed by atoms with van der Waals surface area (Å²) >= 11 is 11.3. The molecule has 6 rings (SSSR count). The number of aromatic nitrogens is 4. The molecule has 3 aliphatic rings. The van der Waals surface area contributed by atoms with Gasteiger partial charge < -0.3 is 42.5 Å². The number of imidazole rings is 1. The van der Waals surface area contributed by atoms with Crippen LogP contribution in [0.25, 0.3) is 16.0 Å². The van der Waals surface area contributed by atoms with Gasteiger partial charge in [-0.1, -0.05) is 44.9 Å². The highest BCUT2D eigenvalue weighted by Gasteiger charge is 2.55. The van der Waals surface area contributed by atoms with Crippen molar-refractivity contribution in [1.82, 2.24) is 19.5 Å². The Bertz CT molecular complexity index is 2070. The van der Waals surface area contributed by atoms with Gasteiger partial charge in [-0.05, 0) is 53.9 Å². The number of carbonyl (C=O) groups excluding carboxylic acids is 1. The summed E-state index contributed by atoms with van der Waals surface area (Å²) in [5.41, 5.74) is 0.664. The van der Waals surface area contributed by atoms with E-state index < -0.39 is 83.3 Å². The Morgan fingerprint density at radius 2 is 1.87 bits per heavy atom. The predicted octanol–water partition coefficient (Wildman–Crippen LogP) is 5.30. The molecule has 55 heavy (non-hydrogen) atoms. The van der Waals surface area contributed by atoms with Crippen LogP contribution >= 0.6 is 13.4 Å². The highest BCUT2D eigenvalue weighted by molar-refractivity contribution is 8.07. The van der Waals surface area contributed by atoms with Gasteiger partial charge in [0.05, 0.1) is 19.5 Å². The van der Waals surface area contributed by atoms with Crippen molar-refractivity contribution >= 4 is 68.3 Å².